The summed E-state index contributed by atoms with van der Waals surface area (Å²) < 4.78 is 0. The Morgan fingerprint density at radius 3 is 2.90 bits per heavy atom. The van der Waals surface area contributed by atoms with E-state index < -0.39 is 0 Å². The third-order valence-corrected chi connectivity index (χ3v) is 4.45. The average molecular weight is 283 g/mol. The van der Waals surface area contributed by atoms with Crippen molar-refractivity contribution < 1.29 is 0 Å². The van der Waals surface area contributed by atoms with E-state index in [0.717, 1.165) is 17.8 Å². The van der Waals surface area contributed by atoms with Gasteiger partial charge in [0.1, 0.15) is 0 Å². The smallest absolute Gasteiger partial charge is 0.0921 e. The Morgan fingerprint density at radius 1 is 1.30 bits per heavy atom. The Morgan fingerprint density at radius 2 is 2.20 bits per heavy atom. The van der Waals surface area contributed by atoms with E-state index >= 15 is 0 Å². The number of nitrogens with one attached hydrogen (secondary N) is 1. The summed E-state index contributed by atoms with van der Waals surface area (Å²) in [6, 6.07) is 6.49. The van der Waals surface area contributed by atoms with Crippen LogP contribution in [0.2, 0.25) is 0 Å². The first-order valence-electron chi connectivity index (χ1n) is 6.67. The lowest BCUT2D eigenvalue weighted by Gasteiger charge is -2.18. The minimum absolute atomic E-state index is 0.277. The van der Waals surface area contributed by atoms with Gasteiger partial charge in [0.2, 0.25) is 0 Å². The molecule has 1 N–H and O–H groups in total. The molecule has 20 heavy (non-hydrogen) atoms. The maximum atomic E-state index is 4.43. The zero-order valence-corrected chi connectivity index (χ0v) is 12.4. The van der Waals surface area contributed by atoms with E-state index in [4.69, 9.17) is 0 Å². The molecule has 0 saturated carbocycles. The van der Waals surface area contributed by atoms with Crippen molar-refractivity contribution in [3.05, 3.63) is 69.7 Å². The fraction of sp³-hybridized carbons (Fsp3) is 0.250. The van der Waals surface area contributed by atoms with Gasteiger partial charge in [0.25, 0.3) is 0 Å². The van der Waals surface area contributed by atoms with Gasteiger partial charge in [-0.05, 0) is 30.5 Å². The maximum Gasteiger partial charge on any atom is 0.0921 e. The highest BCUT2D eigenvalue weighted by molar-refractivity contribution is 7.07. The third kappa shape index (κ3) is 2.51. The van der Waals surface area contributed by atoms with Gasteiger partial charge in [-0.2, -0.15) is 0 Å². The third-order valence-electron chi connectivity index (χ3n) is 3.81. The van der Waals surface area contributed by atoms with Crippen molar-refractivity contribution in [2.75, 3.05) is 0 Å². The number of hydrogen-bond donors (Lipinski definition) is 1. The average Bonchev–Trinajstić information content (AvgIpc) is 3.11. The van der Waals surface area contributed by atoms with E-state index in [1.54, 1.807) is 17.7 Å². The van der Waals surface area contributed by atoms with Gasteiger partial charge in [0.05, 0.1) is 17.5 Å². The largest absolute Gasteiger partial charge is 0.348 e. The van der Waals surface area contributed by atoms with Gasteiger partial charge < -0.3 is 4.98 Å². The summed E-state index contributed by atoms with van der Waals surface area (Å²) in [6.07, 6.45) is 4.56. The molecule has 1 unspecified atom stereocenters. The van der Waals surface area contributed by atoms with Gasteiger partial charge in [-0.25, -0.2) is 9.97 Å². The molecule has 0 spiro atoms. The molecular formula is C16H17N3S. The van der Waals surface area contributed by atoms with Crippen LogP contribution in [0, 0.1) is 13.8 Å². The van der Waals surface area contributed by atoms with Crippen molar-refractivity contribution >= 4 is 11.3 Å². The summed E-state index contributed by atoms with van der Waals surface area (Å²) in [5, 5.41) is 2.12. The van der Waals surface area contributed by atoms with Gasteiger partial charge in [-0.3, -0.25) is 0 Å². The molecule has 4 heteroatoms. The van der Waals surface area contributed by atoms with E-state index in [0.29, 0.717) is 0 Å². The Balaban J connectivity index is 2.03. The number of H-pyrrole nitrogens is 1. The van der Waals surface area contributed by atoms with Crippen LogP contribution in [0.3, 0.4) is 0 Å². The second-order valence-corrected chi connectivity index (χ2v) is 5.75. The van der Waals surface area contributed by atoms with E-state index in [1.165, 1.54) is 16.7 Å². The fourth-order valence-electron chi connectivity index (χ4n) is 2.54. The topological polar surface area (TPSA) is 41.6 Å². The molecule has 3 aromatic rings. The maximum absolute atomic E-state index is 4.43. The second kappa shape index (κ2) is 5.59. The minimum Gasteiger partial charge on any atom is -0.348 e. The Kier molecular flexibility index (Phi) is 3.65. The summed E-state index contributed by atoms with van der Waals surface area (Å²) in [4.78, 5) is 11.9. The predicted molar refractivity (Wildman–Crippen MR) is 82.2 cm³/mol. The Labute approximate surface area is 122 Å². The first kappa shape index (κ1) is 13.1. The number of imidazole rings is 1. The Bertz CT molecular complexity index is 672. The zero-order chi connectivity index (χ0) is 13.9. The fourth-order valence-corrected chi connectivity index (χ4v) is 3.11. The van der Waals surface area contributed by atoms with Gasteiger partial charge >= 0.3 is 0 Å². The summed E-state index contributed by atoms with van der Waals surface area (Å²) >= 11 is 1.64. The monoisotopic (exact) mass is 283 g/mol. The molecule has 1 aromatic carbocycles. The molecule has 0 amide bonds. The molecule has 0 aliphatic rings. The van der Waals surface area contributed by atoms with Crippen LogP contribution in [0.5, 0.6) is 0 Å². The molecule has 102 valence electrons. The molecule has 0 saturated heterocycles. The van der Waals surface area contributed by atoms with E-state index in [-0.39, 0.29) is 5.92 Å². The minimum atomic E-state index is 0.277. The standard InChI is InChI=1S/C16H17N3S/c1-11-4-3-5-14(12(11)2)15(16-7-17-9-18-16)6-13-8-20-10-19-13/h3-5,7-10,15H,6H2,1-2H3,(H,17,18). The van der Waals surface area contributed by atoms with Gasteiger partial charge in [-0.1, -0.05) is 18.2 Å². The Hall–Kier alpha value is -1.94. The SMILES string of the molecule is Cc1cccc(C(Cc2cscn2)c2cnc[nH]2)c1C. The van der Waals surface area contributed by atoms with Gasteiger partial charge in [0, 0.05) is 29.6 Å². The molecule has 2 heterocycles. The molecule has 0 bridgehead atoms. The number of aryl methyl sites for hydroxylation is 1. The molecule has 2 aromatic heterocycles. The van der Waals surface area contributed by atoms with Crippen LogP contribution < -0.4 is 0 Å². The van der Waals surface area contributed by atoms with Crippen molar-refractivity contribution in [2.24, 2.45) is 0 Å². The highest BCUT2D eigenvalue weighted by atomic mass is 32.1. The molecule has 0 aliphatic heterocycles. The first-order valence-corrected chi connectivity index (χ1v) is 7.61. The van der Waals surface area contributed by atoms with Crippen molar-refractivity contribution in [2.45, 2.75) is 26.2 Å². The lowest BCUT2D eigenvalue weighted by molar-refractivity contribution is 0.759. The van der Waals surface area contributed by atoms with Crippen LogP contribution in [0.25, 0.3) is 0 Å². The summed E-state index contributed by atoms with van der Waals surface area (Å²) in [7, 11) is 0. The molecular weight excluding hydrogens is 266 g/mol. The highest BCUT2D eigenvalue weighted by Crippen LogP contribution is 2.30. The number of aromatic nitrogens is 3. The van der Waals surface area contributed by atoms with Crippen molar-refractivity contribution in [1.29, 1.82) is 0 Å². The number of aromatic amines is 1. The number of hydrogen-bond acceptors (Lipinski definition) is 3. The lowest BCUT2D eigenvalue weighted by atomic mass is 9.87. The van der Waals surface area contributed by atoms with Crippen LogP contribution in [0.4, 0.5) is 0 Å². The van der Waals surface area contributed by atoms with Crippen molar-refractivity contribution in [1.82, 2.24) is 15.0 Å². The van der Waals surface area contributed by atoms with Crippen LogP contribution in [-0.2, 0) is 6.42 Å². The van der Waals surface area contributed by atoms with Crippen LogP contribution in [0.1, 0.15) is 34.0 Å². The number of benzene rings is 1. The van der Waals surface area contributed by atoms with Crippen molar-refractivity contribution in [3.63, 3.8) is 0 Å². The number of nitrogens with zero attached hydrogens (tertiary/aromatic N) is 2. The van der Waals surface area contributed by atoms with Gasteiger partial charge in [-0.15, -0.1) is 11.3 Å². The number of thiazole rings is 1. The predicted octanol–water partition coefficient (Wildman–Crippen LogP) is 3.86. The molecule has 0 radical (unpaired) electrons. The summed E-state index contributed by atoms with van der Waals surface area (Å²) in [5.74, 6) is 0.277. The van der Waals surface area contributed by atoms with Crippen molar-refractivity contribution in [3.8, 4) is 0 Å². The highest BCUT2D eigenvalue weighted by Gasteiger charge is 2.19. The normalized spacial score (nSPS) is 12.5. The molecule has 1 atom stereocenters. The molecule has 0 fully saturated rings. The molecule has 3 nitrogen and oxygen atoms in total. The molecule has 0 aliphatic carbocycles. The van der Waals surface area contributed by atoms with Crippen LogP contribution >= 0.6 is 11.3 Å². The van der Waals surface area contributed by atoms with Gasteiger partial charge in [0.15, 0.2) is 0 Å². The zero-order valence-electron chi connectivity index (χ0n) is 11.6. The first-order chi connectivity index (χ1) is 9.75. The van der Waals surface area contributed by atoms with Crippen LogP contribution in [0.15, 0.2) is 41.6 Å². The summed E-state index contributed by atoms with van der Waals surface area (Å²) in [5.41, 5.74) is 8.19. The van der Waals surface area contributed by atoms with E-state index in [1.807, 2.05) is 11.7 Å². The summed E-state index contributed by atoms with van der Waals surface area (Å²) in [6.45, 7) is 4.35. The van der Waals surface area contributed by atoms with E-state index in [2.05, 4.69) is 52.4 Å². The van der Waals surface area contributed by atoms with Crippen LogP contribution in [-0.4, -0.2) is 15.0 Å². The number of rotatable bonds is 4. The quantitative estimate of drug-likeness (QED) is 0.790. The van der Waals surface area contributed by atoms with E-state index in [9.17, 15) is 0 Å². The lowest BCUT2D eigenvalue weighted by Crippen LogP contribution is -2.08. The molecule has 3 rings (SSSR count). The second-order valence-electron chi connectivity index (χ2n) is 5.03.